The van der Waals surface area contributed by atoms with E-state index in [4.69, 9.17) is 9.47 Å². The van der Waals surface area contributed by atoms with Crippen molar-refractivity contribution >= 4 is 17.8 Å². The zero-order valence-corrected chi connectivity index (χ0v) is 14.9. The Balaban J connectivity index is 2.23. The van der Waals surface area contributed by atoms with Gasteiger partial charge < -0.3 is 9.47 Å². The maximum absolute atomic E-state index is 12.9. The lowest BCUT2D eigenvalue weighted by Gasteiger charge is -2.18. The number of unbranched alkanes of at least 4 members (excludes halogenated alkanes) is 1. The Bertz CT molecular complexity index is 711. The summed E-state index contributed by atoms with van der Waals surface area (Å²) in [4.78, 5) is 12.9. The van der Waals surface area contributed by atoms with E-state index >= 15 is 0 Å². The summed E-state index contributed by atoms with van der Waals surface area (Å²) in [5.41, 5.74) is 1.19. The van der Waals surface area contributed by atoms with E-state index < -0.39 is 0 Å². The first-order valence-corrected chi connectivity index (χ1v) is 8.39. The summed E-state index contributed by atoms with van der Waals surface area (Å²) in [5.74, 6) is 1.20. The molecule has 25 heavy (non-hydrogen) atoms. The molecule has 0 spiro atoms. The van der Waals surface area contributed by atoms with Crippen molar-refractivity contribution in [3.8, 4) is 11.5 Å². The van der Waals surface area contributed by atoms with E-state index in [1.807, 2.05) is 12.1 Å². The van der Waals surface area contributed by atoms with Crippen LogP contribution in [0.5, 0.6) is 11.5 Å². The summed E-state index contributed by atoms with van der Waals surface area (Å²) in [7, 11) is 1.60. The highest BCUT2D eigenvalue weighted by atomic mass is 16.5. The second-order valence-electron chi connectivity index (χ2n) is 5.42. The molecule has 0 saturated heterocycles. The van der Waals surface area contributed by atoms with Gasteiger partial charge in [-0.2, -0.15) is 10.1 Å². The number of rotatable bonds is 8. The fourth-order valence-electron chi connectivity index (χ4n) is 2.25. The van der Waals surface area contributed by atoms with Crippen LogP contribution in [-0.2, 0) is 0 Å². The number of hydrazone groups is 1. The molecule has 0 aliphatic heterocycles. The lowest BCUT2D eigenvalue weighted by molar-refractivity contribution is 0.0987. The minimum absolute atomic E-state index is 0.218. The number of ether oxygens (including phenoxy) is 2. The first-order valence-electron chi connectivity index (χ1n) is 8.39. The molecule has 5 nitrogen and oxygen atoms in total. The van der Waals surface area contributed by atoms with Gasteiger partial charge in [0.2, 0.25) is 0 Å². The average molecular weight is 340 g/mol. The zero-order valence-electron chi connectivity index (χ0n) is 14.9. The molecular weight excluding hydrogens is 316 g/mol. The van der Waals surface area contributed by atoms with Crippen LogP contribution in [0.2, 0.25) is 0 Å². The van der Waals surface area contributed by atoms with Gasteiger partial charge in [-0.3, -0.25) is 4.79 Å². The zero-order chi connectivity index (χ0) is 18.1. The molecule has 0 bridgehead atoms. The highest BCUT2D eigenvalue weighted by Gasteiger charge is 2.17. The van der Waals surface area contributed by atoms with Gasteiger partial charge in [0.15, 0.2) is 0 Å². The number of benzene rings is 2. The molecule has 0 fully saturated rings. The van der Waals surface area contributed by atoms with Crippen molar-refractivity contribution in [2.75, 3.05) is 18.7 Å². The molecule has 2 rings (SSSR count). The number of carbonyl (C=O) groups is 1. The quantitative estimate of drug-likeness (QED) is 0.403. The van der Waals surface area contributed by atoms with Crippen molar-refractivity contribution < 1.29 is 14.3 Å². The van der Waals surface area contributed by atoms with Crippen LogP contribution in [0.3, 0.4) is 0 Å². The Labute approximate surface area is 148 Å². The third-order valence-electron chi connectivity index (χ3n) is 3.59. The Morgan fingerprint density at radius 3 is 2.56 bits per heavy atom. The van der Waals surface area contributed by atoms with Crippen LogP contribution < -0.4 is 14.5 Å². The molecule has 0 aromatic heterocycles. The van der Waals surface area contributed by atoms with Crippen molar-refractivity contribution in [1.82, 2.24) is 0 Å². The summed E-state index contributed by atoms with van der Waals surface area (Å²) in [6.45, 7) is 4.52. The monoisotopic (exact) mass is 340 g/mol. The van der Waals surface area contributed by atoms with E-state index in [9.17, 15) is 4.79 Å². The third kappa shape index (κ3) is 5.08. The summed E-state index contributed by atoms with van der Waals surface area (Å²) in [5, 5.41) is 5.57. The van der Waals surface area contributed by atoms with Gasteiger partial charge in [0.05, 0.1) is 19.4 Å². The fraction of sp³-hybridized carbons (Fsp3) is 0.300. The van der Waals surface area contributed by atoms with Gasteiger partial charge in [0.25, 0.3) is 5.91 Å². The summed E-state index contributed by atoms with van der Waals surface area (Å²) < 4.78 is 10.8. The Morgan fingerprint density at radius 1 is 1.16 bits per heavy atom. The van der Waals surface area contributed by atoms with E-state index in [0.717, 1.165) is 18.6 Å². The van der Waals surface area contributed by atoms with Crippen LogP contribution in [0.4, 0.5) is 5.69 Å². The highest BCUT2D eigenvalue weighted by Crippen LogP contribution is 2.23. The van der Waals surface area contributed by atoms with E-state index in [2.05, 4.69) is 12.0 Å². The molecule has 0 saturated carbocycles. The predicted octanol–water partition coefficient (Wildman–Crippen LogP) is 4.53. The number of anilines is 1. The first-order chi connectivity index (χ1) is 12.2. The summed E-state index contributed by atoms with van der Waals surface area (Å²) >= 11 is 0. The second kappa shape index (κ2) is 9.47. The summed E-state index contributed by atoms with van der Waals surface area (Å²) in [6, 6.07) is 14.4. The van der Waals surface area contributed by atoms with Crippen LogP contribution in [0.1, 0.15) is 37.0 Å². The van der Waals surface area contributed by atoms with Crippen LogP contribution in [0, 0.1) is 0 Å². The highest BCUT2D eigenvalue weighted by molar-refractivity contribution is 6.06. The van der Waals surface area contributed by atoms with Crippen LogP contribution in [0.15, 0.2) is 53.6 Å². The lowest BCUT2D eigenvalue weighted by Crippen LogP contribution is -2.25. The predicted molar refractivity (Wildman–Crippen MR) is 101 cm³/mol. The standard InChI is InChI=1S/C20H24N2O3/c1-4-6-14-25-19-9-7-8-16(15-19)20(23)22(21-5-2)17-10-12-18(24-3)13-11-17/h5,7-13,15H,4,6,14H2,1-3H3/b21-5+. The largest absolute Gasteiger partial charge is 0.497 e. The smallest absolute Gasteiger partial charge is 0.278 e. The molecule has 0 N–H and O–H groups in total. The molecule has 0 heterocycles. The SMILES string of the molecule is C/C=N/N(C(=O)c1cccc(OCCCC)c1)c1ccc(OC)cc1. The lowest BCUT2D eigenvalue weighted by atomic mass is 10.2. The molecule has 2 aromatic rings. The normalized spacial score (nSPS) is 10.7. The number of nitrogens with zero attached hydrogens (tertiary/aromatic N) is 2. The van der Waals surface area contributed by atoms with Gasteiger partial charge in [-0.05, 0) is 55.8 Å². The van der Waals surface area contributed by atoms with Crippen LogP contribution >= 0.6 is 0 Å². The Kier molecular flexibility index (Phi) is 7.01. The molecule has 0 atom stereocenters. The molecule has 2 aromatic carbocycles. The molecule has 1 amide bonds. The molecule has 0 unspecified atom stereocenters. The Hall–Kier alpha value is -2.82. The minimum atomic E-state index is -0.218. The maximum atomic E-state index is 12.9. The maximum Gasteiger partial charge on any atom is 0.278 e. The molecule has 0 aliphatic rings. The number of hydrogen-bond acceptors (Lipinski definition) is 4. The number of carbonyl (C=O) groups excluding carboxylic acids is 1. The van der Waals surface area contributed by atoms with Gasteiger partial charge in [0, 0.05) is 11.8 Å². The van der Waals surface area contributed by atoms with Crippen molar-refractivity contribution in [3.63, 3.8) is 0 Å². The van der Waals surface area contributed by atoms with Crippen LogP contribution in [-0.4, -0.2) is 25.8 Å². The van der Waals surface area contributed by atoms with Crippen LogP contribution in [0.25, 0.3) is 0 Å². The minimum Gasteiger partial charge on any atom is -0.497 e. The van der Waals surface area contributed by atoms with E-state index in [1.54, 1.807) is 56.6 Å². The van der Waals surface area contributed by atoms with Gasteiger partial charge in [0.1, 0.15) is 11.5 Å². The average Bonchev–Trinajstić information content (AvgIpc) is 2.66. The molecular formula is C20H24N2O3. The van der Waals surface area contributed by atoms with E-state index in [0.29, 0.717) is 23.6 Å². The van der Waals surface area contributed by atoms with Gasteiger partial charge in [-0.15, -0.1) is 0 Å². The van der Waals surface area contributed by atoms with Crippen molar-refractivity contribution in [2.24, 2.45) is 5.10 Å². The summed E-state index contributed by atoms with van der Waals surface area (Å²) in [6.07, 6.45) is 3.63. The molecule has 0 aliphatic carbocycles. The fourth-order valence-corrected chi connectivity index (χ4v) is 2.25. The van der Waals surface area contributed by atoms with Crippen molar-refractivity contribution in [3.05, 3.63) is 54.1 Å². The van der Waals surface area contributed by atoms with Crippen molar-refractivity contribution in [1.29, 1.82) is 0 Å². The van der Waals surface area contributed by atoms with E-state index in [1.165, 1.54) is 5.01 Å². The number of hydrogen-bond donors (Lipinski definition) is 0. The van der Waals surface area contributed by atoms with Gasteiger partial charge >= 0.3 is 0 Å². The first kappa shape index (κ1) is 18.5. The molecule has 132 valence electrons. The Morgan fingerprint density at radius 2 is 1.92 bits per heavy atom. The van der Waals surface area contributed by atoms with Gasteiger partial charge in [-0.1, -0.05) is 19.4 Å². The second-order valence-corrected chi connectivity index (χ2v) is 5.42. The van der Waals surface area contributed by atoms with Crippen molar-refractivity contribution in [2.45, 2.75) is 26.7 Å². The van der Waals surface area contributed by atoms with Gasteiger partial charge in [-0.25, -0.2) is 0 Å². The molecule has 5 heteroatoms. The number of methoxy groups -OCH3 is 1. The topological polar surface area (TPSA) is 51.1 Å². The third-order valence-corrected chi connectivity index (χ3v) is 3.59. The van der Waals surface area contributed by atoms with E-state index in [-0.39, 0.29) is 5.91 Å². The molecule has 0 radical (unpaired) electrons. The number of amides is 1.